The van der Waals surface area contributed by atoms with Crippen molar-refractivity contribution in [1.82, 2.24) is 9.97 Å². The highest BCUT2D eigenvalue weighted by Gasteiger charge is 2.09. The largest absolute Gasteiger partial charge is 0.409 e. The fourth-order valence-electron chi connectivity index (χ4n) is 1.83. The van der Waals surface area contributed by atoms with Crippen LogP contribution in [0, 0.1) is 0 Å². The molecule has 2 aromatic rings. The van der Waals surface area contributed by atoms with Gasteiger partial charge in [-0.3, -0.25) is 4.98 Å². The van der Waals surface area contributed by atoms with Crippen LogP contribution in [0.1, 0.15) is 12.0 Å². The first-order chi connectivity index (χ1) is 9.79. The van der Waals surface area contributed by atoms with E-state index < -0.39 is 0 Å². The summed E-state index contributed by atoms with van der Waals surface area (Å²) >= 11 is 0. The number of rotatable bonds is 6. The summed E-state index contributed by atoms with van der Waals surface area (Å²) < 4.78 is 0. The van der Waals surface area contributed by atoms with Gasteiger partial charge in [0.05, 0.1) is 0 Å². The predicted octanol–water partition coefficient (Wildman–Crippen LogP) is 1.62. The van der Waals surface area contributed by atoms with Crippen LogP contribution in [0.4, 0.5) is 5.82 Å². The second-order valence-corrected chi connectivity index (χ2v) is 4.31. The van der Waals surface area contributed by atoms with Crippen LogP contribution >= 0.6 is 0 Å². The lowest BCUT2D eigenvalue weighted by Crippen LogP contribution is -2.28. The van der Waals surface area contributed by atoms with Crippen molar-refractivity contribution in [2.45, 2.75) is 13.0 Å². The minimum Gasteiger partial charge on any atom is -0.409 e. The van der Waals surface area contributed by atoms with Crippen LogP contribution in [0.3, 0.4) is 0 Å². The molecule has 0 aromatic carbocycles. The molecule has 6 nitrogen and oxygen atoms in total. The van der Waals surface area contributed by atoms with Gasteiger partial charge in [0.2, 0.25) is 0 Å². The summed E-state index contributed by atoms with van der Waals surface area (Å²) in [4.78, 5) is 10.5. The highest BCUT2D eigenvalue weighted by molar-refractivity contribution is 5.80. The average molecular weight is 271 g/mol. The molecule has 2 aromatic heterocycles. The zero-order valence-corrected chi connectivity index (χ0v) is 11.1. The van der Waals surface area contributed by atoms with Crippen LogP contribution in [0.15, 0.2) is 54.1 Å². The number of hydrogen-bond donors (Lipinski definition) is 2. The van der Waals surface area contributed by atoms with Crippen LogP contribution in [-0.2, 0) is 6.54 Å². The van der Waals surface area contributed by atoms with Gasteiger partial charge in [-0.25, -0.2) is 4.98 Å². The van der Waals surface area contributed by atoms with Gasteiger partial charge in [0.15, 0.2) is 0 Å². The molecule has 0 aliphatic carbocycles. The minimum absolute atomic E-state index is 0.206. The number of pyridine rings is 2. The normalized spacial score (nSPS) is 11.3. The smallest absolute Gasteiger partial charge is 0.140 e. The molecule has 0 atom stereocenters. The lowest BCUT2D eigenvalue weighted by Gasteiger charge is -2.23. The number of amidine groups is 1. The highest BCUT2D eigenvalue weighted by atomic mass is 16.4. The Hall–Kier alpha value is -2.63. The Morgan fingerprint density at radius 2 is 2.15 bits per heavy atom. The van der Waals surface area contributed by atoms with E-state index in [0.717, 1.165) is 11.4 Å². The van der Waals surface area contributed by atoms with Crippen molar-refractivity contribution in [3.63, 3.8) is 0 Å². The maximum absolute atomic E-state index is 8.63. The SMILES string of the molecule is N/C(CCN(Cc1cccnc1)c1ccccn1)=N\O. The maximum atomic E-state index is 8.63. The number of hydrogen-bond acceptors (Lipinski definition) is 5. The van der Waals surface area contributed by atoms with Crippen molar-refractivity contribution >= 4 is 11.7 Å². The molecular formula is C14H17N5O. The van der Waals surface area contributed by atoms with Crippen molar-refractivity contribution in [2.24, 2.45) is 10.9 Å². The standard InChI is InChI=1S/C14H17N5O/c15-13(18-20)6-9-19(14-5-1-2-8-17-14)11-12-4-3-7-16-10-12/h1-5,7-8,10,20H,6,9,11H2,(H2,15,18). The average Bonchev–Trinajstić information content (AvgIpc) is 2.53. The molecule has 6 heteroatoms. The second kappa shape index (κ2) is 7.08. The summed E-state index contributed by atoms with van der Waals surface area (Å²) in [7, 11) is 0. The van der Waals surface area contributed by atoms with Crippen molar-refractivity contribution in [3.8, 4) is 0 Å². The molecule has 0 unspecified atom stereocenters. The van der Waals surface area contributed by atoms with Gasteiger partial charge in [-0.1, -0.05) is 17.3 Å². The maximum Gasteiger partial charge on any atom is 0.140 e. The van der Waals surface area contributed by atoms with Crippen molar-refractivity contribution in [2.75, 3.05) is 11.4 Å². The summed E-state index contributed by atoms with van der Waals surface area (Å²) in [6.45, 7) is 1.28. The topological polar surface area (TPSA) is 87.6 Å². The summed E-state index contributed by atoms with van der Waals surface area (Å²) in [6, 6.07) is 9.64. The molecular weight excluding hydrogens is 254 g/mol. The van der Waals surface area contributed by atoms with Gasteiger partial charge >= 0.3 is 0 Å². The first-order valence-corrected chi connectivity index (χ1v) is 6.31. The third-order valence-corrected chi connectivity index (χ3v) is 2.84. The van der Waals surface area contributed by atoms with E-state index in [0.29, 0.717) is 19.5 Å². The predicted molar refractivity (Wildman–Crippen MR) is 77.5 cm³/mol. The van der Waals surface area contributed by atoms with Gasteiger partial charge in [0.25, 0.3) is 0 Å². The molecule has 104 valence electrons. The highest BCUT2D eigenvalue weighted by Crippen LogP contribution is 2.13. The van der Waals surface area contributed by atoms with Crippen LogP contribution in [0.2, 0.25) is 0 Å². The molecule has 0 amide bonds. The van der Waals surface area contributed by atoms with E-state index in [4.69, 9.17) is 10.9 Å². The third-order valence-electron chi connectivity index (χ3n) is 2.84. The fourth-order valence-corrected chi connectivity index (χ4v) is 1.83. The first kappa shape index (κ1) is 13.8. The number of anilines is 1. The van der Waals surface area contributed by atoms with Crippen molar-refractivity contribution in [1.29, 1.82) is 0 Å². The van der Waals surface area contributed by atoms with E-state index in [9.17, 15) is 0 Å². The molecule has 2 heterocycles. The van der Waals surface area contributed by atoms with E-state index >= 15 is 0 Å². The van der Waals surface area contributed by atoms with Crippen molar-refractivity contribution < 1.29 is 5.21 Å². The monoisotopic (exact) mass is 271 g/mol. The second-order valence-electron chi connectivity index (χ2n) is 4.31. The quantitative estimate of drug-likeness (QED) is 0.361. The Balaban J connectivity index is 2.12. The molecule has 3 N–H and O–H groups in total. The number of nitrogens with two attached hydrogens (primary N) is 1. The van der Waals surface area contributed by atoms with Gasteiger partial charge < -0.3 is 15.8 Å². The number of nitrogens with zero attached hydrogens (tertiary/aromatic N) is 4. The van der Waals surface area contributed by atoms with Crippen LogP contribution < -0.4 is 10.6 Å². The lowest BCUT2D eigenvalue weighted by atomic mass is 10.2. The Kier molecular flexibility index (Phi) is 4.88. The molecule has 0 saturated heterocycles. The number of oxime groups is 1. The van der Waals surface area contributed by atoms with Crippen molar-refractivity contribution in [3.05, 3.63) is 54.5 Å². The molecule has 20 heavy (non-hydrogen) atoms. The zero-order chi connectivity index (χ0) is 14.2. The molecule has 2 rings (SSSR count). The molecule has 0 aliphatic rings. The van der Waals surface area contributed by atoms with Gasteiger partial charge in [0, 0.05) is 38.1 Å². The fraction of sp³-hybridized carbons (Fsp3) is 0.214. The number of aromatic nitrogens is 2. The Labute approximate surface area is 117 Å². The summed E-state index contributed by atoms with van der Waals surface area (Å²) in [6.07, 6.45) is 5.77. The Morgan fingerprint density at radius 3 is 2.80 bits per heavy atom. The van der Waals surface area contributed by atoms with Gasteiger partial charge in [-0.15, -0.1) is 0 Å². The van der Waals surface area contributed by atoms with E-state index in [1.54, 1.807) is 12.4 Å². The Bertz CT molecular complexity index is 544. The molecule has 0 spiro atoms. The third kappa shape index (κ3) is 3.94. The zero-order valence-electron chi connectivity index (χ0n) is 11.1. The molecule has 0 radical (unpaired) electrons. The summed E-state index contributed by atoms with van der Waals surface area (Å²) in [5, 5.41) is 11.6. The van der Waals surface area contributed by atoms with Gasteiger partial charge in [-0.2, -0.15) is 0 Å². The van der Waals surface area contributed by atoms with E-state index in [-0.39, 0.29) is 5.84 Å². The lowest BCUT2D eigenvalue weighted by molar-refractivity contribution is 0.317. The molecule has 0 saturated carbocycles. The Morgan fingerprint density at radius 1 is 1.25 bits per heavy atom. The van der Waals surface area contributed by atoms with E-state index in [2.05, 4.69) is 20.0 Å². The molecule has 0 bridgehead atoms. The van der Waals surface area contributed by atoms with Gasteiger partial charge in [0.1, 0.15) is 11.7 Å². The van der Waals surface area contributed by atoms with E-state index in [1.807, 2.05) is 36.5 Å². The first-order valence-electron chi connectivity index (χ1n) is 6.31. The van der Waals surface area contributed by atoms with Crippen LogP contribution in [0.25, 0.3) is 0 Å². The molecule has 0 fully saturated rings. The van der Waals surface area contributed by atoms with E-state index in [1.165, 1.54) is 0 Å². The van der Waals surface area contributed by atoms with Crippen LogP contribution in [0.5, 0.6) is 0 Å². The molecule has 0 aliphatic heterocycles. The minimum atomic E-state index is 0.206. The summed E-state index contributed by atoms with van der Waals surface area (Å²) in [5.74, 6) is 1.05. The van der Waals surface area contributed by atoms with Gasteiger partial charge in [-0.05, 0) is 23.8 Å². The summed E-state index contributed by atoms with van der Waals surface area (Å²) in [5.41, 5.74) is 6.61. The van der Waals surface area contributed by atoms with Crippen LogP contribution in [-0.4, -0.2) is 27.6 Å².